The molecule has 0 aliphatic heterocycles. The Morgan fingerprint density at radius 3 is 2.71 bits per heavy atom. The van der Waals surface area contributed by atoms with Crippen LogP contribution in [0.15, 0.2) is 42.5 Å². The topological polar surface area (TPSA) is 35.5 Å². The van der Waals surface area contributed by atoms with Crippen molar-refractivity contribution in [1.82, 2.24) is 0 Å². The number of aryl methyl sites for hydroxylation is 1. The van der Waals surface area contributed by atoms with Gasteiger partial charge in [0.05, 0.1) is 12.2 Å². The van der Waals surface area contributed by atoms with Gasteiger partial charge >= 0.3 is 5.97 Å². The molecule has 2 aromatic rings. The van der Waals surface area contributed by atoms with E-state index in [2.05, 4.69) is 0 Å². The minimum Gasteiger partial charge on any atom is -0.489 e. The molecule has 4 heteroatoms. The lowest BCUT2D eigenvalue weighted by Gasteiger charge is -2.10. The highest BCUT2D eigenvalue weighted by Gasteiger charge is 2.11. The molecule has 0 aromatic heterocycles. The number of ether oxygens (including phenoxy) is 2. The molecule has 0 bridgehead atoms. The smallest absolute Gasteiger partial charge is 0.338 e. The maximum absolute atomic E-state index is 11.8. The van der Waals surface area contributed by atoms with Crippen LogP contribution in [-0.4, -0.2) is 12.6 Å². The minimum absolute atomic E-state index is 0.330. The summed E-state index contributed by atoms with van der Waals surface area (Å²) in [4.78, 5) is 11.8. The van der Waals surface area contributed by atoms with Crippen molar-refractivity contribution in [3.63, 3.8) is 0 Å². The number of carbonyl (C=O) groups is 1. The van der Waals surface area contributed by atoms with E-state index in [1.165, 1.54) is 0 Å². The van der Waals surface area contributed by atoms with Crippen LogP contribution >= 0.6 is 11.6 Å². The first-order chi connectivity index (χ1) is 10.1. The van der Waals surface area contributed by atoms with Crippen LogP contribution in [0.25, 0.3) is 0 Å². The number of benzene rings is 2. The van der Waals surface area contributed by atoms with Gasteiger partial charge in [0.1, 0.15) is 12.4 Å². The summed E-state index contributed by atoms with van der Waals surface area (Å²) >= 11 is 5.93. The van der Waals surface area contributed by atoms with E-state index in [1.807, 2.05) is 43.3 Å². The van der Waals surface area contributed by atoms with Crippen LogP contribution in [0, 0.1) is 6.92 Å². The van der Waals surface area contributed by atoms with Crippen molar-refractivity contribution in [3.05, 3.63) is 64.2 Å². The normalized spacial score (nSPS) is 10.2. The first kappa shape index (κ1) is 15.4. The van der Waals surface area contributed by atoms with Crippen LogP contribution in [0.2, 0.25) is 5.02 Å². The average Bonchev–Trinajstić information content (AvgIpc) is 2.46. The molecule has 0 aliphatic carbocycles. The number of esters is 1. The van der Waals surface area contributed by atoms with Crippen LogP contribution in [0.3, 0.4) is 0 Å². The molecule has 0 aliphatic rings. The lowest BCUT2D eigenvalue weighted by molar-refractivity contribution is 0.0525. The molecular formula is C17H17ClO3. The van der Waals surface area contributed by atoms with Crippen molar-refractivity contribution in [1.29, 1.82) is 0 Å². The summed E-state index contributed by atoms with van der Waals surface area (Å²) in [5, 5.41) is 0.673. The largest absolute Gasteiger partial charge is 0.489 e. The van der Waals surface area contributed by atoms with E-state index in [1.54, 1.807) is 13.0 Å². The van der Waals surface area contributed by atoms with Gasteiger partial charge in [0.2, 0.25) is 0 Å². The fourth-order valence-electron chi connectivity index (χ4n) is 1.91. The average molecular weight is 305 g/mol. The highest BCUT2D eigenvalue weighted by Crippen LogP contribution is 2.20. The molecule has 0 radical (unpaired) electrons. The molecule has 0 N–H and O–H groups in total. The highest BCUT2D eigenvalue weighted by molar-refractivity contribution is 6.30. The second-order valence-electron chi connectivity index (χ2n) is 4.62. The highest BCUT2D eigenvalue weighted by atomic mass is 35.5. The number of halogens is 1. The Kier molecular flexibility index (Phi) is 5.23. The Balaban J connectivity index is 2.10. The number of rotatable bonds is 5. The lowest BCUT2D eigenvalue weighted by Crippen LogP contribution is -2.07. The predicted octanol–water partition coefficient (Wildman–Crippen LogP) is 4.40. The van der Waals surface area contributed by atoms with Crippen LogP contribution in [-0.2, 0) is 11.3 Å². The number of hydrogen-bond acceptors (Lipinski definition) is 3. The summed E-state index contributed by atoms with van der Waals surface area (Å²) in [6.07, 6.45) is 0. The molecule has 0 saturated heterocycles. The van der Waals surface area contributed by atoms with Gasteiger partial charge in [-0.3, -0.25) is 0 Å². The quantitative estimate of drug-likeness (QED) is 0.768. The van der Waals surface area contributed by atoms with Gasteiger partial charge in [0, 0.05) is 5.02 Å². The third-order valence-electron chi connectivity index (χ3n) is 3.00. The molecule has 21 heavy (non-hydrogen) atoms. The third-order valence-corrected chi connectivity index (χ3v) is 3.23. The summed E-state index contributed by atoms with van der Waals surface area (Å²) in [5.74, 6) is 0.298. The zero-order chi connectivity index (χ0) is 15.2. The zero-order valence-corrected chi connectivity index (χ0v) is 12.8. The van der Waals surface area contributed by atoms with E-state index in [0.29, 0.717) is 29.5 Å². The van der Waals surface area contributed by atoms with Crippen LogP contribution in [0.1, 0.15) is 28.4 Å². The van der Waals surface area contributed by atoms with Gasteiger partial charge in [-0.05, 0) is 49.2 Å². The second kappa shape index (κ2) is 7.14. The van der Waals surface area contributed by atoms with Gasteiger partial charge in [-0.15, -0.1) is 0 Å². The fourth-order valence-corrected chi connectivity index (χ4v) is 2.13. The minimum atomic E-state index is -0.330. The van der Waals surface area contributed by atoms with Crippen LogP contribution in [0.4, 0.5) is 0 Å². The van der Waals surface area contributed by atoms with Crippen LogP contribution in [0.5, 0.6) is 5.75 Å². The maximum Gasteiger partial charge on any atom is 0.338 e. The zero-order valence-electron chi connectivity index (χ0n) is 12.1. The fraction of sp³-hybridized carbons (Fsp3) is 0.235. The number of carbonyl (C=O) groups excluding carboxylic acids is 1. The van der Waals surface area contributed by atoms with Crippen molar-refractivity contribution < 1.29 is 14.3 Å². The molecule has 2 aromatic carbocycles. The Bertz CT molecular complexity index is 638. The van der Waals surface area contributed by atoms with E-state index in [-0.39, 0.29) is 5.97 Å². The van der Waals surface area contributed by atoms with E-state index in [9.17, 15) is 4.79 Å². The molecule has 0 fully saturated rings. The molecule has 0 atom stereocenters. The predicted molar refractivity (Wildman–Crippen MR) is 82.9 cm³/mol. The van der Waals surface area contributed by atoms with Gasteiger partial charge in [0.15, 0.2) is 0 Å². The summed E-state index contributed by atoms with van der Waals surface area (Å²) in [5.41, 5.74) is 2.37. The summed E-state index contributed by atoms with van der Waals surface area (Å²) in [7, 11) is 0. The molecular weight excluding hydrogens is 288 g/mol. The molecule has 110 valence electrons. The van der Waals surface area contributed by atoms with Gasteiger partial charge < -0.3 is 9.47 Å². The maximum atomic E-state index is 11.8. The Labute approximate surface area is 129 Å². The van der Waals surface area contributed by atoms with Crippen molar-refractivity contribution in [2.45, 2.75) is 20.5 Å². The van der Waals surface area contributed by atoms with Crippen molar-refractivity contribution >= 4 is 17.6 Å². The molecule has 0 spiro atoms. The molecule has 0 heterocycles. The van der Waals surface area contributed by atoms with Gasteiger partial charge in [0.25, 0.3) is 0 Å². The van der Waals surface area contributed by atoms with Crippen molar-refractivity contribution in [2.24, 2.45) is 0 Å². The van der Waals surface area contributed by atoms with Gasteiger partial charge in [-0.1, -0.05) is 29.8 Å². The number of hydrogen-bond donors (Lipinski definition) is 0. The Morgan fingerprint density at radius 1 is 1.19 bits per heavy atom. The summed E-state index contributed by atoms with van der Waals surface area (Å²) < 4.78 is 10.7. The van der Waals surface area contributed by atoms with E-state index >= 15 is 0 Å². The van der Waals surface area contributed by atoms with Crippen LogP contribution < -0.4 is 4.74 Å². The first-order valence-corrected chi connectivity index (χ1v) is 7.13. The molecule has 0 saturated carbocycles. The third kappa shape index (κ3) is 4.23. The molecule has 2 rings (SSSR count). The molecule has 3 nitrogen and oxygen atoms in total. The standard InChI is InChI=1S/C17H17ClO3/c1-3-20-17(19)16-10-15(8-7-12(16)2)21-11-13-5-4-6-14(18)9-13/h4-10H,3,11H2,1-2H3. The van der Waals surface area contributed by atoms with E-state index in [0.717, 1.165) is 11.1 Å². The molecule has 0 amide bonds. The monoisotopic (exact) mass is 304 g/mol. The van der Waals surface area contributed by atoms with Crippen molar-refractivity contribution in [3.8, 4) is 5.75 Å². The second-order valence-corrected chi connectivity index (χ2v) is 5.05. The van der Waals surface area contributed by atoms with Gasteiger partial charge in [-0.2, -0.15) is 0 Å². The Morgan fingerprint density at radius 2 is 2.00 bits per heavy atom. The summed E-state index contributed by atoms with van der Waals surface area (Å²) in [6.45, 7) is 4.40. The lowest BCUT2D eigenvalue weighted by atomic mass is 10.1. The molecule has 0 unspecified atom stereocenters. The van der Waals surface area contributed by atoms with E-state index < -0.39 is 0 Å². The van der Waals surface area contributed by atoms with Gasteiger partial charge in [-0.25, -0.2) is 4.79 Å². The SMILES string of the molecule is CCOC(=O)c1cc(OCc2cccc(Cl)c2)ccc1C. The Hall–Kier alpha value is -2.00. The first-order valence-electron chi connectivity index (χ1n) is 6.75. The summed E-state index contributed by atoms with van der Waals surface area (Å²) in [6, 6.07) is 12.9. The van der Waals surface area contributed by atoms with Crippen molar-refractivity contribution in [2.75, 3.05) is 6.61 Å². The van der Waals surface area contributed by atoms with E-state index in [4.69, 9.17) is 21.1 Å².